The molecule has 0 atom stereocenters. The zero-order valence-corrected chi connectivity index (χ0v) is 9.45. The van der Waals surface area contributed by atoms with Crippen molar-refractivity contribution >= 4 is 17.9 Å². The van der Waals surface area contributed by atoms with Crippen LogP contribution in [0.2, 0.25) is 0 Å². The molecule has 4 N–H and O–H groups in total. The summed E-state index contributed by atoms with van der Waals surface area (Å²) in [6.07, 6.45) is 0. The van der Waals surface area contributed by atoms with E-state index in [0.717, 1.165) is 18.2 Å². The summed E-state index contributed by atoms with van der Waals surface area (Å²) in [4.78, 5) is 31.8. The highest BCUT2D eigenvalue weighted by Gasteiger charge is 2.17. The number of aromatic carboxylic acids is 3. The third-order valence-corrected chi connectivity index (χ3v) is 1.73. The van der Waals surface area contributed by atoms with E-state index in [9.17, 15) is 14.4 Å². The van der Waals surface area contributed by atoms with Crippen LogP contribution in [0.15, 0.2) is 18.2 Å². The molecule has 7 nitrogen and oxygen atoms in total. The predicted octanol–water partition coefficient (Wildman–Crippen LogP) is 0.780. The van der Waals surface area contributed by atoms with Gasteiger partial charge in [0.25, 0.3) is 0 Å². The van der Waals surface area contributed by atoms with Gasteiger partial charge in [0.15, 0.2) is 0 Å². The number of aliphatic hydroxyl groups excluding tert-OH is 1. The van der Waals surface area contributed by atoms with Crippen molar-refractivity contribution in [2.24, 2.45) is 0 Å². The van der Waals surface area contributed by atoms with E-state index in [4.69, 9.17) is 20.4 Å². The number of carbonyl (C=O) groups is 3. The highest BCUT2D eigenvalue weighted by Crippen LogP contribution is 2.12. The van der Waals surface area contributed by atoms with Gasteiger partial charge < -0.3 is 20.4 Å². The Morgan fingerprint density at radius 2 is 1.39 bits per heavy atom. The van der Waals surface area contributed by atoms with E-state index < -0.39 is 29.0 Å². The standard InChI is InChI=1S/C9H6O6.C2H6O/c10-7(11)4-1-2-5(8(12)13)6(3-4)9(14)15;1-2-3/h1-3H,(H,10,11)(H,12,13)(H,14,15);3H,2H2,1H3. The van der Waals surface area contributed by atoms with E-state index in [-0.39, 0.29) is 12.2 Å². The zero-order chi connectivity index (χ0) is 14.3. The Morgan fingerprint density at radius 3 is 1.72 bits per heavy atom. The Kier molecular flexibility index (Phi) is 6.08. The predicted molar refractivity (Wildman–Crippen MR) is 60.1 cm³/mol. The summed E-state index contributed by atoms with van der Waals surface area (Å²) in [6, 6.07) is 2.81. The number of aliphatic hydroxyl groups is 1. The van der Waals surface area contributed by atoms with Crippen LogP contribution in [0.25, 0.3) is 0 Å². The highest BCUT2D eigenvalue weighted by atomic mass is 16.4. The summed E-state index contributed by atoms with van der Waals surface area (Å²) >= 11 is 0. The molecule has 1 aromatic rings. The smallest absolute Gasteiger partial charge is 0.336 e. The molecule has 1 aromatic carbocycles. The molecule has 0 unspecified atom stereocenters. The fourth-order valence-corrected chi connectivity index (χ4v) is 1.04. The molecule has 18 heavy (non-hydrogen) atoms. The molecule has 0 bridgehead atoms. The number of hydrogen-bond acceptors (Lipinski definition) is 4. The lowest BCUT2D eigenvalue weighted by atomic mass is 10.0. The van der Waals surface area contributed by atoms with Crippen LogP contribution in [0.3, 0.4) is 0 Å². The van der Waals surface area contributed by atoms with Crippen molar-refractivity contribution in [1.29, 1.82) is 0 Å². The first-order valence-electron chi connectivity index (χ1n) is 4.79. The minimum atomic E-state index is -1.48. The Hall–Kier alpha value is -2.41. The fourth-order valence-electron chi connectivity index (χ4n) is 1.04. The molecule has 0 radical (unpaired) electrons. The molecule has 0 aliphatic rings. The van der Waals surface area contributed by atoms with E-state index in [2.05, 4.69) is 0 Å². The second kappa shape index (κ2) is 7.02. The molecule has 0 saturated heterocycles. The second-order valence-corrected chi connectivity index (χ2v) is 2.99. The molecule has 0 aliphatic heterocycles. The average molecular weight is 256 g/mol. The van der Waals surface area contributed by atoms with E-state index in [1.54, 1.807) is 6.92 Å². The molecule has 0 aliphatic carbocycles. The topological polar surface area (TPSA) is 132 Å². The van der Waals surface area contributed by atoms with Crippen LogP contribution in [0.1, 0.15) is 38.0 Å². The van der Waals surface area contributed by atoms with Gasteiger partial charge in [0.1, 0.15) is 0 Å². The van der Waals surface area contributed by atoms with Crippen molar-refractivity contribution in [3.05, 3.63) is 34.9 Å². The van der Waals surface area contributed by atoms with Gasteiger partial charge in [0.2, 0.25) is 0 Å². The van der Waals surface area contributed by atoms with Gasteiger partial charge in [-0.15, -0.1) is 0 Å². The van der Waals surface area contributed by atoms with Gasteiger partial charge in [-0.2, -0.15) is 0 Å². The van der Waals surface area contributed by atoms with Gasteiger partial charge >= 0.3 is 17.9 Å². The normalized spacial score (nSPS) is 9.00. The minimum Gasteiger partial charge on any atom is -0.478 e. The van der Waals surface area contributed by atoms with Gasteiger partial charge in [0, 0.05) is 6.61 Å². The summed E-state index contributed by atoms with van der Waals surface area (Å²) in [5, 5.41) is 33.4. The highest BCUT2D eigenvalue weighted by molar-refractivity contribution is 6.03. The second-order valence-electron chi connectivity index (χ2n) is 2.99. The lowest BCUT2D eigenvalue weighted by Crippen LogP contribution is -2.10. The van der Waals surface area contributed by atoms with Crippen molar-refractivity contribution in [3.63, 3.8) is 0 Å². The molecule has 7 heteroatoms. The number of rotatable bonds is 3. The minimum absolute atomic E-state index is 0.250. The van der Waals surface area contributed by atoms with Crippen molar-refractivity contribution in [2.75, 3.05) is 6.61 Å². The molecule has 0 spiro atoms. The first-order chi connectivity index (χ1) is 8.34. The Balaban J connectivity index is 0.000000873. The summed E-state index contributed by atoms with van der Waals surface area (Å²) < 4.78 is 0. The fraction of sp³-hybridized carbons (Fsp3) is 0.182. The van der Waals surface area contributed by atoms with Crippen LogP contribution in [0.4, 0.5) is 0 Å². The van der Waals surface area contributed by atoms with Gasteiger partial charge in [-0.3, -0.25) is 0 Å². The molecular formula is C11H12O7. The summed E-state index contributed by atoms with van der Waals surface area (Å²) in [7, 11) is 0. The summed E-state index contributed by atoms with van der Waals surface area (Å²) in [6.45, 7) is 1.93. The molecule has 0 fully saturated rings. The van der Waals surface area contributed by atoms with Crippen molar-refractivity contribution in [2.45, 2.75) is 6.92 Å². The van der Waals surface area contributed by atoms with E-state index in [1.165, 1.54) is 0 Å². The van der Waals surface area contributed by atoms with Crippen molar-refractivity contribution in [1.82, 2.24) is 0 Å². The molecular weight excluding hydrogens is 244 g/mol. The van der Waals surface area contributed by atoms with Crippen LogP contribution >= 0.6 is 0 Å². The first kappa shape index (κ1) is 15.6. The molecule has 0 heterocycles. The maximum atomic E-state index is 10.6. The average Bonchev–Trinajstić information content (AvgIpc) is 2.28. The van der Waals surface area contributed by atoms with E-state index in [0.29, 0.717) is 0 Å². The summed E-state index contributed by atoms with van der Waals surface area (Å²) in [5.41, 5.74) is -1.24. The number of hydrogen-bond donors (Lipinski definition) is 4. The quantitative estimate of drug-likeness (QED) is 0.628. The maximum Gasteiger partial charge on any atom is 0.336 e. The number of benzene rings is 1. The van der Waals surface area contributed by atoms with E-state index >= 15 is 0 Å². The van der Waals surface area contributed by atoms with Gasteiger partial charge in [0.05, 0.1) is 16.7 Å². The van der Waals surface area contributed by atoms with Gasteiger partial charge in [-0.05, 0) is 25.1 Å². The van der Waals surface area contributed by atoms with Crippen LogP contribution in [0.5, 0.6) is 0 Å². The maximum absolute atomic E-state index is 10.6. The molecule has 0 aromatic heterocycles. The van der Waals surface area contributed by atoms with Gasteiger partial charge in [-0.25, -0.2) is 14.4 Å². The molecule has 0 amide bonds. The molecule has 1 rings (SSSR count). The Bertz CT molecular complexity index is 464. The Labute approximate surface area is 102 Å². The number of carboxylic acids is 3. The number of carboxylic acid groups (broad SMARTS) is 3. The van der Waals surface area contributed by atoms with Crippen LogP contribution in [0, 0.1) is 0 Å². The summed E-state index contributed by atoms with van der Waals surface area (Å²) in [5.74, 6) is -4.20. The first-order valence-corrected chi connectivity index (χ1v) is 4.79. The Morgan fingerprint density at radius 1 is 0.944 bits per heavy atom. The third kappa shape index (κ3) is 4.22. The lowest BCUT2D eigenvalue weighted by molar-refractivity contribution is 0.0649. The molecule has 0 saturated carbocycles. The lowest BCUT2D eigenvalue weighted by Gasteiger charge is -2.02. The monoisotopic (exact) mass is 256 g/mol. The van der Waals surface area contributed by atoms with Crippen LogP contribution in [-0.2, 0) is 0 Å². The van der Waals surface area contributed by atoms with Crippen molar-refractivity contribution < 1.29 is 34.8 Å². The van der Waals surface area contributed by atoms with Crippen LogP contribution < -0.4 is 0 Å². The van der Waals surface area contributed by atoms with E-state index in [1.807, 2.05) is 0 Å². The van der Waals surface area contributed by atoms with Crippen molar-refractivity contribution in [3.8, 4) is 0 Å². The van der Waals surface area contributed by atoms with Crippen LogP contribution in [-0.4, -0.2) is 44.9 Å². The third-order valence-electron chi connectivity index (χ3n) is 1.73. The SMILES string of the molecule is CCO.O=C(O)c1ccc(C(=O)O)c(C(=O)O)c1. The largest absolute Gasteiger partial charge is 0.478 e. The molecule has 98 valence electrons. The van der Waals surface area contributed by atoms with Gasteiger partial charge in [-0.1, -0.05) is 0 Å². The zero-order valence-electron chi connectivity index (χ0n) is 9.45.